The van der Waals surface area contributed by atoms with Crippen LogP contribution in [0.5, 0.6) is 0 Å². The Bertz CT molecular complexity index is 867. The number of para-hydroxylation sites is 2. The summed E-state index contributed by atoms with van der Waals surface area (Å²) >= 11 is 3.50. The number of nitrogens with one attached hydrogen (secondary N) is 1. The molecule has 150 valence electrons. The number of nitrogens with zero attached hydrogens (tertiary/aromatic N) is 2. The normalized spacial score (nSPS) is 13.7. The minimum absolute atomic E-state index is 0.122. The fourth-order valence-corrected chi connectivity index (χ4v) is 4.53. The van der Waals surface area contributed by atoms with Gasteiger partial charge < -0.3 is 14.5 Å². The molecule has 0 spiro atoms. The van der Waals surface area contributed by atoms with Gasteiger partial charge in [0, 0.05) is 29.7 Å². The van der Waals surface area contributed by atoms with Gasteiger partial charge in [0.05, 0.1) is 35.5 Å². The molecule has 1 aromatic carbocycles. The van der Waals surface area contributed by atoms with Crippen molar-refractivity contribution < 1.29 is 9.47 Å². The maximum absolute atomic E-state index is 5.84. The van der Waals surface area contributed by atoms with Crippen LogP contribution in [0.15, 0.2) is 46.6 Å². The lowest BCUT2D eigenvalue weighted by molar-refractivity contribution is -0.00531. The smallest absolute Gasteiger partial charge is 0.166 e. The van der Waals surface area contributed by atoms with Crippen molar-refractivity contribution in [1.82, 2.24) is 15.0 Å². The minimum Gasteiger partial charge on any atom is -0.379 e. The highest BCUT2D eigenvalue weighted by Crippen LogP contribution is 2.29. The molecule has 2 unspecified atom stereocenters. The molecule has 1 N–H and O–H groups in total. The fourth-order valence-electron chi connectivity index (χ4n) is 2.62. The van der Waals surface area contributed by atoms with Gasteiger partial charge in [0.15, 0.2) is 5.16 Å². The van der Waals surface area contributed by atoms with Crippen LogP contribution in [0.3, 0.4) is 0 Å². The second-order valence-electron chi connectivity index (χ2n) is 6.73. The molecule has 28 heavy (non-hydrogen) atoms. The highest BCUT2D eigenvalue weighted by atomic mass is 32.2. The van der Waals surface area contributed by atoms with E-state index in [0.717, 1.165) is 33.4 Å². The van der Waals surface area contributed by atoms with Crippen LogP contribution in [-0.2, 0) is 15.2 Å². The van der Waals surface area contributed by atoms with E-state index in [2.05, 4.69) is 34.9 Å². The number of aromatic nitrogens is 3. The molecule has 2 aromatic heterocycles. The van der Waals surface area contributed by atoms with E-state index >= 15 is 0 Å². The molecule has 0 saturated carbocycles. The summed E-state index contributed by atoms with van der Waals surface area (Å²) in [6.07, 6.45) is 2.18. The van der Waals surface area contributed by atoms with E-state index in [4.69, 9.17) is 9.47 Å². The Morgan fingerprint density at radius 3 is 2.71 bits per heavy atom. The van der Waals surface area contributed by atoms with Crippen LogP contribution >= 0.6 is 23.5 Å². The molecule has 0 fully saturated rings. The lowest BCUT2D eigenvalue weighted by atomic mass is 10.2. The lowest BCUT2D eigenvalue weighted by Crippen LogP contribution is -2.20. The Labute approximate surface area is 175 Å². The molecular formula is C21H27N3O2S2. The number of pyridine rings is 1. The zero-order chi connectivity index (χ0) is 19.9. The molecule has 2 heterocycles. The van der Waals surface area contributed by atoms with Crippen LogP contribution in [-0.4, -0.2) is 46.6 Å². The quantitative estimate of drug-likeness (QED) is 0.464. The van der Waals surface area contributed by atoms with E-state index in [0.29, 0.717) is 6.61 Å². The number of hydrogen-bond donors (Lipinski definition) is 1. The summed E-state index contributed by atoms with van der Waals surface area (Å²) in [6.45, 7) is 6.87. The van der Waals surface area contributed by atoms with Crippen molar-refractivity contribution in [3.8, 4) is 0 Å². The highest BCUT2D eigenvalue weighted by molar-refractivity contribution is 7.99. The zero-order valence-corrected chi connectivity index (χ0v) is 18.4. The van der Waals surface area contributed by atoms with Crippen LogP contribution in [0.25, 0.3) is 11.0 Å². The van der Waals surface area contributed by atoms with Crippen molar-refractivity contribution in [1.29, 1.82) is 0 Å². The number of benzene rings is 1. The van der Waals surface area contributed by atoms with Crippen molar-refractivity contribution in [2.75, 3.05) is 19.5 Å². The van der Waals surface area contributed by atoms with Gasteiger partial charge >= 0.3 is 0 Å². The third-order valence-electron chi connectivity index (χ3n) is 4.46. The molecule has 3 aromatic rings. The zero-order valence-electron chi connectivity index (χ0n) is 16.8. The second-order valence-corrected chi connectivity index (χ2v) is 8.76. The Hall–Kier alpha value is -1.54. The predicted molar refractivity (Wildman–Crippen MR) is 117 cm³/mol. The third kappa shape index (κ3) is 5.73. The first kappa shape index (κ1) is 21.2. The molecule has 0 saturated heterocycles. The number of ether oxygens (including phenoxy) is 2. The molecular weight excluding hydrogens is 390 g/mol. The summed E-state index contributed by atoms with van der Waals surface area (Å²) in [5.41, 5.74) is 4.39. The molecule has 5 nitrogen and oxygen atoms in total. The number of imidazole rings is 1. The highest BCUT2D eigenvalue weighted by Gasteiger charge is 2.11. The lowest BCUT2D eigenvalue weighted by Gasteiger charge is -2.17. The Balaban J connectivity index is 1.56. The fraction of sp³-hybridized carbons (Fsp3) is 0.429. The Kier molecular flexibility index (Phi) is 7.79. The SMILES string of the molecule is COC(C)COC(C)CSc1ccnc(CSc2nc3ccccc3[nH]2)c1C. The molecule has 0 aliphatic carbocycles. The van der Waals surface area contributed by atoms with Gasteiger partial charge in [-0.1, -0.05) is 23.9 Å². The third-order valence-corrected chi connectivity index (χ3v) is 6.74. The first-order valence-corrected chi connectivity index (χ1v) is 11.3. The van der Waals surface area contributed by atoms with E-state index in [1.165, 1.54) is 10.5 Å². The molecule has 0 radical (unpaired) electrons. The first-order valence-electron chi connectivity index (χ1n) is 9.36. The number of hydrogen-bond acceptors (Lipinski definition) is 6. The summed E-state index contributed by atoms with van der Waals surface area (Å²) in [4.78, 5) is 13.8. The van der Waals surface area contributed by atoms with Crippen molar-refractivity contribution in [3.63, 3.8) is 0 Å². The van der Waals surface area contributed by atoms with Crippen molar-refractivity contribution in [2.24, 2.45) is 0 Å². The van der Waals surface area contributed by atoms with Gasteiger partial charge in [0.25, 0.3) is 0 Å². The Morgan fingerprint density at radius 2 is 1.93 bits per heavy atom. The molecule has 0 aliphatic heterocycles. The largest absolute Gasteiger partial charge is 0.379 e. The maximum atomic E-state index is 5.84. The van der Waals surface area contributed by atoms with E-state index in [1.807, 2.05) is 49.1 Å². The van der Waals surface area contributed by atoms with Crippen LogP contribution < -0.4 is 0 Å². The Morgan fingerprint density at radius 1 is 1.11 bits per heavy atom. The van der Waals surface area contributed by atoms with E-state index in [9.17, 15) is 0 Å². The molecule has 2 atom stereocenters. The molecule has 0 bridgehead atoms. The summed E-state index contributed by atoms with van der Waals surface area (Å²) < 4.78 is 11.1. The van der Waals surface area contributed by atoms with Gasteiger partial charge in [-0.3, -0.25) is 4.98 Å². The van der Waals surface area contributed by atoms with Gasteiger partial charge in [0.2, 0.25) is 0 Å². The molecule has 3 rings (SSSR count). The number of thioether (sulfide) groups is 2. The average molecular weight is 418 g/mol. The van der Waals surface area contributed by atoms with Crippen LogP contribution in [0.4, 0.5) is 0 Å². The number of methoxy groups -OCH3 is 1. The average Bonchev–Trinajstić information content (AvgIpc) is 3.13. The van der Waals surface area contributed by atoms with Gasteiger partial charge in [-0.15, -0.1) is 11.8 Å². The predicted octanol–water partition coefficient (Wildman–Crippen LogP) is 5.09. The van der Waals surface area contributed by atoms with E-state index < -0.39 is 0 Å². The monoisotopic (exact) mass is 417 g/mol. The van der Waals surface area contributed by atoms with Gasteiger partial charge in [0.1, 0.15) is 0 Å². The van der Waals surface area contributed by atoms with E-state index in [1.54, 1.807) is 18.9 Å². The van der Waals surface area contributed by atoms with Crippen LogP contribution in [0.2, 0.25) is 0 Å². The summed E-state index contributed by atoms with van der Waals surface area (Å²) in [7, 11) is 1.71. The summed E-state index contributed by atoms with van der Waals surface area (Å²) in [6, 6.07) is 10.2. The topological polar surface area (TPSA) is 60.0 Å². The molecule has 7 heteroatoms. The number of fused-ring (bicyclic) bond motifs is 1. The van der Waals surface area contributed by atoms with Gasteiger partial charge in [-0.25, -0.2) is 4.98 Å². The van der Waals surface area contributed by atoms with Crippen LogP contribution in [0, 0.1) is 6.92 Å². The number of H-pyrrole nitrogens is 1. The first-order chi connectivity index (χ1) is 13.6. The second kappa shape index (κ2) is 10.3. The number of aromatic amines is 1. The standard InChI is InChI=1S/C21H27N3O2S2/c1-14(25-4)11-26-15(2)12-27-20-9-10-22-19(16(20)3)13-28-21-23-17-7-5-6-8-18(17)24-21/h5-10,14-15H,11-13H2,1-4H3,(H,23,24). The van der Waals surface area contributed by atoms with Crippen molar-refractivity contribution in [3.05, 3.63) is 47.8 Å². The maximum Gasteiger partial charge on any atom is 0.166 e. The summed E-state index contributed by atoms with van der Waals surface area (Å²) in [5, 5.41) is 0.926. The minimum atomic E-state index is 0.122. The van der Waals surface area contributed by atoms with Crippen LogP contribution in [0.1, 0.15) is 25.1 Å². The molecule has 0 amide bonds. The van der Waals surface area contributed by atoms with Gasteiger partial charge in [-0.2, -0.15) is 0 Å². The summed E-state index contributed by atoms with van der Waals surface area (Å²) in [5.74, 6) is 1.69. The molecule has 0 aliphatic rings. The van der Waals surface area contributed by atoms with Crippen molar-refractivity contribution in [2.45, 2.75) is 48.8 Å². The van der Waals surface area contributed by atoms with E-state index in [-0.39, 0.29) is 12.2 Å². The van der Waals surface area contributed by atoms with Gasteiger partial charge in [-0.05, 0) is 44.5 Å². The number of rotatable bonds is 10. The van der Waals surface area contributed by atoms with Crippen molar-refractivity contribution >= 4 is 34.6 Å².